The van der Waals surface area contributed by atoms with Gasteiger partial charge in [0.05, 0.1) is 23.1 Å². The van der Waals surface area contributed by atoms with Crippen LogP contribution in [0, 0.1) is 0 Å². The minimum atomic E-state index is -0.972. The molecule has 56 heavy (non-hydrogen) atoms. The molecule has 3 fully saturated rings. The Balaban J connectivity index is 0.746. The molecule has 5 aliphatic rings. The Morgan fingerprint density at radius 1 is 0.982 bits per heavy atom. The first kappa shape index (κ1) is 38.7. The van der Waals surface area contributed by atoms with Crippen LogP contribution in [0.25, 0.3) is 10.2 Å². The van der Waals surface area contributed by atoms with Gasteiger partial charge in [-0.1, -0.05) is 12.1 Å². The number of benzene rings is 1. The summed E-state index contributed by atoms with van der Waals surface area (Å²) in [4.78, 5) is 79.7. The number of carbonyl (C=O) groups is 5. The molecular weight excluding hydrogens is 737 g/mol. The van der Waals surface area contributed by atoms with Crippen LogP contribution in [0.5, 0.6) is 5.88 Å². The molecule has 4 amide bonds. The van der Waals surface area contributed by atoms with Gasteiger partial charge in [-0.15, -0.1) is 11.3 Å². The first-order valence-corrected chi connectivity index (χ1v) is 21.0. The molecule has 0 spiro atoms. The van der Waals surface area contributed by atoms with Gasteiger partial charge >= 0.3 is 0 Å². The fraction of sp³-hybridized carbons (Fsp3) is 0.585. The highest BCUT2D eigenvalue weighted by Crippen LogP contribution is 2.48. The summed E-state index contributed by atoms with van der Waals surface area (Å²) in [6.45, 7) is 7.51. The van der Waals surface area contributed by atoms with Crippen molar-refractivity contribution in [2.75, 3.05) is 45.9 Å². The number of hydrogen-bond acceptors (Lipinski definition) is 13. The molecular formula is C41H50N6O8S. The minimum Gasteiger partial charge on any atom is -0.474 e. The lowest BCUT2D eigenvalue weighted by Crippen LogP contribution is -2.54. The fourth-order valence-electron chi connectivity index (χ4n) is 9.29. The number of Topliss-reactive ketones (excluding diaryl/α,β-unsaturated/α-hetero) is 1. The number of nitrogens with zero attached hydrogens (tertiary/aromatic N) is 5. The molecule has 8 rings (SSSR count). The SMILES string of the molecule is CC(=O)[C@@H](O)C[C@H]1CCc2sc3ncnc(OC4CCC(N5CCN(CCOCCCc6cccc7c6C(=O)N(C6CCC(=O)NC6=O)C7=O)CC5)CC4)c3c21. The molecule has 1 saturated carbocycles. The summed E-state index contributed by atoms with van der Waals surface area (Å²) in [6, 6.07) is 4.81. The van der Waals surface area contributed by atoms with Crippen LogP contribution in [0.15, 0.2) is 24.5 Å². The molecule has 3 aliphatic heterocycles. The number of aliphatic hydroxyl groups excluding tert-OH is 1. The molecule has 298 valence electrons. The minimum absolute atomic E-state index is 0.0923. The van der Waals surface area contributed by atoms with Crippen LogP contribution in [0.1, 0.15) is 107 Å². The molecule has 15 heteroatoms. The summed E-state index contributed by atoms with van der Waals surface area (Å²) in [5.74, 6) is -1.40. The van der Waals surface area contributed by atoms with E-state index in [1.807, 2.05) is 6.07 Å². The molecule has 14 nitrogen and oxygen atoms in total. The van der Waals surface area contributed by atoms with E-state index in [9.17, 15) is 29.1 Å². The Hall–Kier alpha value is -4.15. The van der Waals surface area contributed by atoms with Crippen LogP contribution >= 0.6 is 11.3 Å². The smallest absolute Gasteiger partial charge is 0.262 e. The number of ketones is 1. The van der Waals surface area contributed by atoms with Gasteiger partial charge in [0.2, 0.25) is 17.7 Å². The molecule has 3 atom stereocenters. The van der Waals surface area contributed by atoms with Gasteiger partial charge in [-0.2, -0.15) is 0 Å². The Morgan fingerprint density at radius 3 is 2.55 bits per heavy atom. The number of amides is 4. The normalized spacial score (nSPS) is 25.1. The van der Waals surface area contributed by atoms with Crippen LogP contribution in [0.3, 0.4) is 0 Å². The van der Waals surface area contributed by atoms with Crippen molar-refractivity contribution in [1.29, 1.82) is 0 Å². The van der Waals surface area contributed by atoms with Crippen LogP contribution in [0.4, 0.5) is 0 Å². The van der Waals surface area contributed by atoms with E-state index < -0.39 is 35.8 Å². The zero-order valence-corrected chi connectivity index (χ0v) is 32.7. The number of aliphatic hydroxyl groups is 1. The molecule has 3 aromatic rings. The van der Waals surface area contributed by atoms with Crippen LogP contribution in [-0.4, -0.2) is 129 Å². The lowest BCUT2D eigenvalue weighted by Gasteiger charge is -2.41. The molecule has 2 N–H and O–H groups in total. The van der Waals surface area contributed by atoms with Gasteiger partial charge in [0.15, 0.2) is 5.78 Å². The lowest BCUT2D eigenvalue weighted by molar-refractivity contribution is -0.136. The lowest BCUT2D eigenvalue weighted by atomic mass is 9.91. The molecule has 2 saturated heterocycles. The highest BCUT2D eigenvalue weighted by Gasteiger charge is 2.45. The number of aromatic nitrogens is 2. The van der Waals surface area contributed by atoms with Gasteiger partial charge in [-0.3, -0.25) is 44.0 Å². The van der Waals surface area contributed by atoms with Crippen molar-refractivity contribution >= 4 is 51.0 Å². The zero-order chi connectivity index (χ0) is 38.9. The van der Waals surface area contributed by atoms with Crippen LogP contribution in [0.2, 0.25) is 0 Å². The average Bonchev–Trinajstić information content (AvgIpc) is 3.84. The molecule has 2 aromatic heterocycles. The van der Waals surface area contributed by atoms with Gasteiger partial charge in [0.25, 0.3) is 11.8 Å². The van der Waals surface area contributed by atoms with E-state index in [-0.39, 0.29) is 30.6 Å². The summed E-state index contributed by atoms with van der Waals surface area (Å²) < 4.78 is 12.6. The number of rotatable bonds is 14. The average molecular weight is 787 g/mol. The Kier molecular flexibility index (Phi) is 11.6. The standard InChI is InChI=1S/C41H50N6O8S/c1-24(48)31(49)22-26-7-13-32-35(26)36-38(42-23-43-39(36)56-32)55-28-10-8-27(9-11-28)46-17-15-45(16-18-46)19-21-54-20-3-5-25-4-2-6-29-34(25)41(53)47(40(29)52)30-12-14-33(50)44-37(30)51/h2,4,6,23,26-28,30-31,49H,3,5,7-22H2,1H3,(H,44,50,51)/t26-,27?,28?,30?,31+/m1/s1. The Bertz CT molecular complexity index is 2000. The van der Waals surface area contributed by atoms with Crippen molar-refractivity contribution < 1.29 is 38.6 Å². The van der Waals surface area contributed by atoms with Crippen LogP contribution < -0.4 is 10.1 Å². The van der Waals surface area contributed by atoms with E-state index in [1.165, 1.54) is 17.4 Å². The number of aryl methyl sites for hydroxylation is 2. The Labute approximate surface area is 329 Å². The van der Waals surface area contributed by atoms with E-state index in [1.54, 1.807) is 29.8 Å². The van der Waals surface area contributed by atoms with Gasteiger partial charge in [0.1, 0.15) is 29.4 Å². The number of nitrogens with one attached hydrogen (secondary N) is 1. The fourth-order valence-corrected chi connectivity index (χ4v) is 10.5. The maximum atomic E-state index is 13.4. The van der Waals surface area contributed by atoms with E-state index in [0.29, 0.717) is 55.5 Å². The van der Waals surface area contributed by atoms with E-state index in [2.05, 4.69) is 25.1 Å². The van der Waals surface area contributed by atoms with Gasteiger partial charge in [-0.25, -0.2) is 9.97 Å². The molecule has 1 unspecified atom stereocenters. The highest BCUT2D eigenvalue weighted by molar-refractivity contribution is 7.19. The summed E-state index contributed by atoms with van der Waals surface area (Å²) in [5, 5.41) is 13.5. The quantitative estimate of drug-likeness (QED) is 0.181. The number of piperidine rings is 1. The number of carbonyl (C=O) groups excluding carboxylic acids is 5. The number of thiophene rings is 1. The van der Waals surface area contributed by atoms with Crippen molar-refractivity contribution in [3.05, 3.63) is 51.7 Å². The van der Waals surface area contributed by atoms with Crippen LogP contribution in [-0.2, 0) is 32.0 Å². The van der Waals surface area contributed by atoms with Gasteiger partial charge in [0, 0.05) is 56.7 Å². The molecule has 0 radical (unpaired) electrons. The van der Waals surface area contributed by atoms with Crippen molar-refractivity contribution in [2.45, 2.75) is 108 Å². The second-order valence-corrected chi connectivity index (χ2v) is 16.9. The predicted molar refractivity (Wildman–Crippen MR) is 207 cm³/mol. The van der Waals surface area contributed by atoms with Gasteiger partial charge < -0.3 is 14.6 Å². The first-order chi connectivity index (χ1) is 27.2. The summed E-state index contributed by atoms with van der Waals surface area (Å²) in [5.41, 5.74) is 2.60. The van der Waals surface area contributed by atoms with Crippen molar-refractivity contribution in [1.82, 2.24) is 30.0 Å². The molecule has 1 aromatic carbocycles. The Morgan fingerprint density at radius 2 is 1.79 bits per heavy atom. The third kappa shape index (κ3) is 7.88. The third-order valence-corrected chi connectivity index (χ3v) is 13.5. The molecule has 2 aliphatic carbocycles. The van der Waals surface area contributed by atoms with E-state index >= 15 is 0 Å². The second-order valence-electron chi connectivity index (χ2n) is 15.8. The predicted octanol–water partition coefficient (Wildman–Crippen LogP) is 3.42. The number of piperazine rings is 1. The van der Waals surface area contributed by atoms with E-state index in [4.69, 9.17) is 9.47 Å². The number of ether oxygens (including phenoxy) is 2. The zero-order valence-electron chi connectivity index (χ0n) is 31.9. The summed E-state index contributed by atoms with van der Waals surface area (Å²) >= 11 is 1.68. The maximum absolute atomic E-state index is 13.4. The highest BCUT2D eigenvalue weighted by atomic mass is 32.1. The monoisotopic (exact) mass is 786 g/mol. The largest absolute Gasteiger partial charge is 0.474 e. The van der Waals surface area contributed by atoms with Crippen molar-refractivity contribution in [3.8, 4) is 5.88 Å². The second kappa shape index (κ2) is 16.8. The first-order valence-electron chi connectivity index (χ1n) is 20.1. The van der Waals surface area contributed by atoms with Gasteiger partial charge in [-0.05, 0) is 94.2 Å². The van der Waals surface area contributed by atoms with Crippen molar-refractivity contribution in [3.63, 3.8) is 0 Å². The maximum Gasteiger partial charge on any atom is 0.262 e. The molecule has 5 heterocycles. The topological polar surface area (TPSA) is 172 Å². The number of imide groups is 2. The summed E-state index contributed by atoms with van der Waals surface area (Å²) in [7, 11) is 0. The third-order valence-electron chi connectivity index (χ3n) is 12.4. The molecule has 0 bridgehead atoms. The summed E-state index contributed by atoms with van der Waals surface area (Å²) in [6.07, 6.45) is 8.60. The van der Waals surface area contributed by atoms with E-state index in [0.717, 1.165) is 91.9 Å². The number of hydrogen-bond donors (Lipinski definition) is 2. The van der Waals surface area contributed by atoms with Crippen molar-refractivity contribution in [2.24, 2.45) is 0 Å². The number of fused-ring (bicyclic) bond motifs is 4.